The summed E-state index contributed by atoms with van der Waals surface area (Å²) in [5.41, 5.74) is 2.45. The number of anilines is 1. The van der Waals surface area contributed by atoms with Crippen molar-refractivity contribution in [3.8, 4) is 11.5 Å². The molecule has 1 heterocycles. The van der Waals surface area contributed by atoms with Crippen LogP contribution in [0.3, 0.4) is 0 Å². The third-order valence-electron chi connectivity index (χ3n) is 4.36. The Hall–Kier alpha value is -2.51. The molecular weight excluding hydrogens is 458 g/mol. The molecule has 29 heavy (non-hydrogen) atoms. The lowest BCUT2D eigenvalue weighted by atomic mass is 9.99. The third-order valence-corrected chi connectivity index (χ3v) is 5.15. The summed E-state index contributed by atoms with van der Waals surface area (Å²) in [6.45, 7) is 5.91. The van der Waals surface area contributed by atoms with Crippen molar-refractivity contribution in [2.24, 2.45) is 0 Å². The van der Waals surface area contributed by atoms with Crippen LogP contribution in [0.5, 0.6) is 11.5 Å². The molecule has 0 unspecified atom stereocenters. The Balaban J connectivity index is 1.69. The minimum Gasteiger partial charge on any atom is -0.508 e. The van der Waals surface area contributed by atoms with E-state index < -0.39 is 0 Å². The number of hydrogen-bond donors (Lipinski definition) is 2. The standard InChI is InChI=1S/C21H21BrClN3O3/c1-12(2)15-10-18(13(3)8-19(15)27)24-21(28)17-6-7-26(25-17)11-29-20-5-4-14(22)9-16(20)23/h4-10,12,27H,11H2,1-3H3,(H,24,28). The number of aromatic nitrogens is 2. The maximum absolute atomic E-state index is 12.6. The summed E-state index contributed by atoms with van der Waals surface area (Å²) in [5.74, 6) is 0.544. The van der Waals surface area contributed by atoms with Crippen LogP contribution >= 0.6 is 27.5 Å². The number of phenolic OH excluding ortho intramolecular Hbond substituents is 1. The first-order valence-electron chi connectivity index (χ1n) is 9.00. The first-order chi connectivity index (χ1) is 13.7. The zero-order chi connectivity index (χ0) is 21.1. The van der Waals surface area contributed by atoms with Crippen molar-refractivity contribution in [2.75, 3.05) is 5.32 Å². The number of carbonyl (C=O) groups is 1. The van der Waals surface area contributed by atoms with Crippen LogP contribution < -0.4 is 10.1 Å². The molecule has 0 aliphatic heterocycles. The van der Waals surface area contributed by atoms with Gasteiger partial charge >= 0.3 is 0 Å². The number of phenols is 1. The molecule has 2 N–H and O–H groups in total. The van der Waals surface area contributed by atoms with Crippen LogP contribution in [0.1, 0.15) is 41.4 Å². The fraction of sp³-hybridized carbons (Fsp3) is 0.238. The van der Waals surface area contributed by atoms with Gasteiger partial charge in [-0.1, -0.05) is 41.4 Å². The van der Waals surface area contributed by atoms with Crippen LogP contribution in [0, 0.1) is 6.92 Å². The third kappa shape index (κ3) is 5.10. The number of ether oxygens (including phenoxy) is 1. The largest absolute Gasteiger partial charge is 0.508 e. The number of halogens is 2. The predicted octanol–water partition coefficient (Wildman–Crippen LogP) is 5.73. The summed E-state index contributed by atoms with van der Waals surface area (Å²) in [7, 11) is 0. The number of aromatic hydroxyl groups is 1. The van der Waals surface area contributed by atoms with Gasteiger partial charge in [0.1, 0.15) is 11.5 Å². The summed E-state index contributed by atoms with van der Waals surface area (Å²) >= 11 is 9.48. The van der Waals surface area contributed by atoms with E-state index in [2.05, 4.69) is 26.3 Å². The Morgan fingerprint density at radius 1 is 1.31 bits per heavy atom. The summed E-state index contributed by atoms with van der Waals surface area (Å²) in [4.78, 5) is 12.6. The molecule has 3 rings (SSSR count). The van der Waals surface area contributed by atoms with E-state index >= 15 is 0 Å². The summed E-state index contributed by atoms with van der Waals surface area (Å²) < 4.78 is 8.02. The van der Waals surface area contributed by atoms with E-state index in [0.29, 0.717) is 16.5 Å². The number of nitrogens with one attached hydrogen (secondary N) is 1. The van der Waals surface area contributed by atoms with Gasteiger partial charge in [0.05, 0.1) is 5.02 Å². The molecule has 1 aromatic heterocycles. The second-order valence-corrected chi connectivity index (χ2v) is 8.25. The van der Waals surface area contributed by atoms with Crippen molar-refractivity contribution < 1.29 is 14.6 Å². The first-order valence-corrected chi connectivity index (χ1v) is 10.2. The van der Waals surface area contributed by atoms with E-state index in [1.54, 1.807) is 36.5 Å². The molecule has 0 spiro atoms. The fourth-order valence-electron chi connectivity index (χ4n) is 2.78. The second kappa shape index (κ2) is 8.88. The maximum Gasteiger partial charge on any atom is 0.276 e. The number of rotatable bonds is 6. The Morgan fingerprint density at radius 3 is 2.76 bits per heavy atom. The number of aryl methyl sites for hydroxylation is 1. The molecule has 0 radical (unpaired) electrons. The molecule has 0 saturated carbocycles. The van der Waals surface area contributed by atoms with Crippen LogP contribution in [0.15, 0.2) is 47.1 Å². The topological polar surface area (TPSA) is 76.4 Å². The molecule has 3 aromatic rings. The molecule has 0 saturated heterocycles. The number of amides is 1. The monoisotopic (exact) mass is 477 g/mol. The van der Waals surface area contributed by atoms with Crippen LogP contribution in [0.4, 0.5) is 5.69 Å². The molecule has 0 fully saturated rings. The van der Waals surface area contributed by atoms with E-state index in [9.17, 15) is 9.90 Å². The van der Waals surface area contributed by atoms with Gasteiger partial charge in [0, 0.05) is 16.4 Å². The highest BCUT2D eigenvalue weighted by Gasteiger charge is 2.15. The smallest absolute Gasteiger partial charge is 0.276 e. The molecule has 6 nitrogen and oxygen atoms in total. The molecule has 0 atom stereocenters. The van der Waals surface area contributed by atoms with Gasteiger partial charge in [0.15, 0.2) is 12.4 Å². The molecule has 1 amide bonds. The van der Waals surface area contributed by atoms with E-state index in [1.165, 1.54) is 4.68 Å². The number of carbonyl (C=O) groups excluding carboxylic acids is 1. The summed E-state index contributed by atoms with van der Waals surface area (Å²) in [5, 5.41) is 17.7. The van der Waals surface area contributed by atoms with Crippen molar-refractivity contribution in [1.29, 1.82) is 0 Å². The molecule has 2 aromatic carbocycles. The molecule has 0 bridgehead atoms. The molecule has 0 aliphatic rings. The fourth-order valence-corrected chi connectivity index (χ4v) is 3.50. The molecule has 152 valence electrons. The van der Waals surface area contributed by atoms with Gasteiger partial charge in [-0.05, 0) is 60.4 Å². The highest BCUT2D eigenvalue weighted by molar-refractivity contribution is 9.10. The molecule has 0 aliphatic carbocycles. The van der Waals surface area contributed by atoms with Gasteiger partial charge < -0.3 is 15.2 Å². The molecule has 8 heteroatoms. The van der Waals surface area contributed by atoms with Gasteiger partial charge in [-0.25, -0.2) is 4.68 Å². The second-order valence-electron chi connectivity index (χ2n) is 6.92. The Labute approximate surface area is 182 Å². The highest BCUT2D eigenvalue weighted by Crippen LogP contribution is 2.31. The van der Waals surface area contributed by atoms with Crippen LogP contribution in [0.25, 0.3) is 0 Å². The predicted molar refractivity (Wildman–Crippen MR) is 117 cm³/mol. The zero-order valence-electron chi connectivity index (χ0n) is 16.2. The van der Waals surface area contributed by atoms with Gasteiger partial charge in [0.25, 0.3) is 5.91 Å². The van der Waals surface area contributed by atoms with E-state index in [1.807, 2.05) is 26.8 Å². The van der Waals surface area contributed by atoms with Gasteiger partial charge in [-0.2, -0.15) is 5.10 Å². The zero-order valence-corrected chi connectivity index (χ0v) is 18.6. The van der Waals surface area contributed by atoms with Gasteiger partial charge in [-0.15, -0.1) is 0 Å². The molecular formula is C21H21BrClN3O3. The van der Waals surface area contributed by atoms with Crippen molar-refractivity contribution in [2.45, 2.75) is 33.4 Å². The van der Waals surface area contributed by atoms with Crippen LogP contribution in [-0.2, 0) is 6.73 Å². The average molecular weight is 479 g/mol. The average Bonchev–Trinajstić information content (AvgIpc) is 3.12. The Bertz CT molecular complexity index is 1050. The maximum atomic E-state index is 12.6. The lowest BCUT2D eigenvalue weighted by Gasteiger charge is -2.14. The quantitative estimate of drug-likeness (QED) is 0.444. The number of hydrogen-bond acceptors (Lipinski definition) is 4. The van der Waals surface area contributed by atoms with Crippen molar-refractivity contribution in [3.63, 3.8) is 0 Å². The first kappa shape index (κ1) is 21.2. The minimum absolute atomic E-state index is 0.115. The lowest BCUT2D eigenvalue weighted by Crippen LogP contribution is -2.15. The van der Waals surface area contributed by atoms with Gasteiger partial charge in [-0.3, -0.25) is 4.79 Å². The Morgan fingerprint density at radius 2 is 2.07 bits per heavy atom. The highest BCUT2D eigenvalue weighted by atomic mass is 79.9. The van der Waals surface area contributed by atoms with Crippen molar-refractivity contribution in [3.05, 3.63) is 68.9 Å². The van der Waals surface area contributed by atoms with E-state index in [4.69, 9.17) is 16.3 Å². The normalized spacial score (nSPS) is 11.0. The summed E-state index contributed by atoms with van der Waals surface area (Å²) in [6, 6.07) is 10.4. The lowest BCUT2D eigenvalue weighted by molar-refractivity contribution is 0.102. The van der Waals surface area contributed by atoms with Crippen LogP contribution in [0.2, 0.25) is 5.02 Å². The summed E-state index contributed by atoms with van der Waals surface area (Å²) in [6.07, 6.45) is 1.66. The Kier molecular flexibility index (Phi) is 6.49. The number of nitrogens with zero attached hydrogens (tertiary/aromatic N) is 2. The minimum atomic E-state index is -0.339. The SMILES string of the molecule is Cc1cc(O)c(C(C)C)cc1NC(=O)c1ccn(COc2ccc(Br)cc2Cl)n1. The number of benzene rings is 2. The van der Waals surface area contributed by atoms with E-state index in [0.717, 1.165) is 15.6 Å². The van der Waals surface area contributed by atoms with Crippen LogP contribution in [-0.4, -0.2) is 20.8 Å². The van der Waals surface area contributed by atoms with Gasteiger partial charge in [0.2, 0.25) is 0 Å². The van der Waals surface area contributed by atoms with E-state index in [-0.39, 0.29) is 30.0 Å². The van der Waals surface area contributed by atoms with Crippen molar-refractivity contribution >= 4 is 39.1 Å². The van der Waals surface area contributed by atoms with Crippen molar-refractivity contribution in [1.82, 2.24) is 9.78 Å².